The van der Waals surface area contributed by atoms with E-state index in [9.17, 15) is 0 Å². The van der Waals surface area contributed by atoms with Crippen molar-refractivity contribution in [3.8, 4) is 0 Å². The van der Waals surface area contributed by atoms with Gasteiger partial charge in [0.1, 0.15) is 0 Å². The second-order valence-corrected chi connectivity index (χ2v) is 5.82. The van der Waals surface area contributed by atoms with Crippen molar-refractivity contribution in [3.63, 3.8) is 0 Å². The number of aromatic nitrogens is 1. The zero-order valence-corrected chi connectivity index (χ0v) is 13.1. The van der Waals surface area contributed by atoms with Gasteiger partial charge in [0.25, 0.3) is 0 Å². The molecular weight excluding hydrogens is 246 g/mol. The zero-order chi connectivity index (χ0) is 14.2. The third-order valence-corrected chi connectivity index (χ3v) is 4.26. The Kier molecular flexibility index (Phi) is 6.31. The predicted molar refractivity (Wildman–Crippen MR) is 86.0 cm³/mol. The summed E-state index contributed by atoms with van der Waals surface area (Å²) < 4.78 is 0. The van der Waals surface area contributed by atoms with E-state index in [0.717, 1.165) is 32.1 Å². The molecule has 1 heterocycles. The highest BCUT2D eigenvalue weighted by Crippen LogP contribution is 2.23. The fourth-order valence-corrected chi connectivity index (χ4v) is 3.10. The normalized spacial score (nSPS) is 16.6. The molecule has 0 radical (unpaired) electrons. The van der Waals surface area contributed by atoms with Crippen LogP contribution in [0.5, 0.6) is 0 Å². The molecule has 3 heteroatoms. The minimum absolute atomic E-state index is 0.766. The van der Waals surface area contributed by atoms with E-state index in [2.05, 4.69) is 41.2 Å². The van der Waals surface area contributed by atoms with Gasteiger partial charge in [0.05, 0.1) is 5.69 Å². The second kappa shape index (κ2) is 8.25. The predicted octanol–water partition coefficient (Wildman–Crippen LogP) is 4.06. The Morgan fingerprint density at radius 2 is 2.05 bits per heavy atom. The summed E-state index contributed by atoms with van der Waals surface area (Å²) in [7, 11) is 0. The van der Waals surface area contributed by atoms with Crippen LogP contribution in [0.15, 0.2) is 18.3 Å². The van der Waals surface area contributed by atoms with Crippen molar-refractivity contribution in [2.45, 2.75) is 65.0 Å². The van der Waals surface area contributed by atoms with Crippen molar-refractivity contribution >= 4 is 5.69 Å². The number of rotatable bonds is 7. The summed E-state index contributed by atoms with van der Waals surface area (Å²) in [5.41, 5.74) is 2.40. The lowest BCUT2D eigenvalue weighted by Gasteiger charge is -2.33. The smallest absolute Gasteiger partial charge is 0.0564 e. The van der Waals surface area contributed by atoms with E-state index in [-0.39, 0.29) is 0 Å². The van der Waals surface area contributed by atoms with E-state index in [1.165, 1.54) is 43.5 Å². The fraction of sp³-hybridized carbons (Fsp3) is 0.706. The molecule has 1 saturated carbocycles. The van der Waals surface area contributed by atoms with Crippen LogP contribution in [-0.4, -0.2) is 29.0 Å². The first kappa shape index (κ1) is 15.3. The standard InChI is InChI=1S/C17H29N3/c1-3-11-18-15-10-12-19-16(13-15)14-20(4-2)17-8-6-5-7-9-17/h10,12-13,17H,3-9,11,14H2,1-2H3,(H,18,19). The fourth-order valence-electron chi connectivity index (χ4n) is 3.10. The summed E-state index contributed by atoms with van der Waals surface area (Å²) in [6, 6.07) is 5.04. The van der Waals surface area contributed by atoms with Crippen molar-refractivity contribution in [1.82, 2.24) is 9.88 Å². The highest BCUT2D eigenvalue weighted by Gasteiger charge is 2.20. The summed E-state index contributed by atoms with van der Waals surface area (Å²) in [6.45, 7) is 7.61. The van der Waals surface area contributed by atoms with Crippen LogP contribution in [0, 0.1) is 0 Å². The molecule has 3 nitrogen and oxygen atoms in total. The van der Waals surface area contributed by atoms with Gasteiger partial charge in [-0.1, -0.05) is 33.1 Å². The molecule has 1 N–H and O–H groups in total. The van der Waals surface area contributed by atoms with Crippen LogP contribution >= 0.6 is 0 Å². The maximum Gasteiger partial charge on any atom is 0.0564 e. The van der Waals surface area contributed by atoms with Gasteiger partial charge in [-0.05, 0) is 37.9 Å². The van der Waals surface area contributed by atoms with Gasteiger partial charge in [-0.15, -0.1) is 0 Å². The molecule has 1 aliphatic rings. The maximum absolute atomic E-state index is 4.55. The Hall–Kier alpha value is -1.09. The molecule has 0 aromatic carbocycles. The van der Waals surface area contributed by atoms with Gasteiger partial charge in [-0.2, -0.15) is 0 Å². The van der Waals surface area contributed by atoms with Gasteiger partial charge in [0.15, 0.2) is 0 Å². The monoisotopic (exact) mass is 275 g/mol. The summed E-state index contributed by atoms with van der Waals surface area (Å²) in [5, 5.41) is 3.45. The van der Waals surface area contributed by atoms with Crippen LogP contribution in [0.2, 0.25) is 0 Å². The number of hydrogen-bond donors (Lipinski definition) is 1. The minimum Gasteiger partial charge on any atom is -0.385 e. The van der Waals surface area contributed by atoms with Crippen LogP contribution < -0.4 is 5.32 Å². The highest BCUT2D eigenvalue weighted by atomic mass is 15.2. The topological polar surface area (TPSA) is 28.2 Å². The number of hydrogen-bond acceptors (Lipinski definition) is 3. The van der Waals surface area contributed by atoms with Crippen LogP contribution in [0.4, 0.5) is 5.69 Å². The van der Waals surface area contributed by atoms with Crippen molar-refractivity contribution in [3.05, 3.63) is 24.0 Å². The quantitative estimate of drug-likeness (QED) is 0.813. The summed E-state index contributed by atoms with van der Waals surface area (Å²) >= 11 is 0. The molecule has 1 aromatic heterocycles. The third kappa shape index (κ3) is 4.48. The molecule has 0 amide bonds. The van der Waals surface area contributed by atoms with Gasteiger partial charge < -0.3 is 5.32 Å². The molecule has 20 heavy (non-hydrogen) atoms. The number of anilines is 1. The molecule has 1 aromatic rings. The van der Waals surface area contributed by atoms with Crippen molar-refractivity contribution < 1.29 is 0 Å². The Bertz CT molecular complexity index is 386. The minimum atomic E-state index is 0.766. The number of nitrogens with zero attached hydrogens (tertiary/aromatic N) is 2. The summed E-state index contributed by atoms with van der Waals surface area (Å²) in [5.74, 6) is 0. The van der Waals surface area contributed by atoms with Crippen molar-refractivity contribution in [2.75, 3.05) is 18.4 Å². The largest absolute Gasteiger partial charge is 0.385 e. The molecule has 112 valence electrons. The summed E-state index contributed by atoms with van der Waals surface area (Å²) in [6.07, 6.45) is 10.0. The number of pyridine rings is 1. The number of nitrogens with one attached hydrogen (secondary N) is 1. The lowest BCUT2D eigenvalue weighted by molar-refractivity contribution is 0.154. The molecular formula is C17H29N3. The molecule has 2 rings (SSSR count). The van der Waals surface area contributed by atoms with Crippen LogP contribution in [0.3, 0.4) is 0 Å². The summed E-state index contributed by atoms with van der Waals surface area (Å²) in [4.78, 5) is 7.15. The third-order valence-electron chi connectivity index (χ3n) is 4.26. The first-order valence-electron chi connectivity index (χ1n) is 8.26. The average Bonchev–Trinajstić information content (AvgIpc) is 2.52. The van der Waals surface area contributed by atoms with Crippen LogP contribution in [0.25, 0.3) is 0 Å². The zero-order valence-electron chi connectivity index (χ0n) is 13.1. The SMILES string of the molecule is CCCNc1ccnc(CN(CC)C2CCCCC2)c1. The van der Waals surface area contributed by atoms with Gasteiger partial charge in [0.2, 0.25) is 0 Å². The molecule has 1 fully saturated rings. The van der Waals surface area contributed by atoms with Gasteiger partial charge in [-0.25, -0.2) is 0 Å². The van der Waals surface area contributed by atoms with Crippen molar-refractivity contribution in [2.24, 2.45) is 0 Å². The maximum atomic E-state index is 4.55. The first-order chi connectivity index (χ1) is 9.83. The first-order valence-corrected chi connectivity index (χ1v) is 8.26. The lowest BCUT2D eigenvalue weighted by Crippen LogP contribution is -2.36. The van der Waals surface area contributed by atoms with E-state index in [1.54, 1.807) is 0 Å². The van der Waals surface area contributed by atoms with E-state index >= 15 is 0 Å². The van der Waals surface area contributed by atoms with E-state index < -0.39 is 0 Å². The lowest BCUT2D eigenvalue weighted by atomic mass is 9.94. The molecule has 0 bridgehead atoms. The Morgan fingerprint density at radius 1 is 1.25 bits per heavy atom. The molecule has 0 aliphatic heterocycles. The Morgan fingerprint density at radius 3 is 2.75 bits per heavy atom. The van der Waals surface area contributed by atoms with E-state index in [1.807, 2.05) is 6.20 Å². The molecule has 0 spiro atoms. The van der Waals surface area contributed by atoms with Gasteiger partial charge in [-0.3, -0.25) is 9.88 Å². The average molecular weight is 275 g/mol. The molecule has 0 unspecified atom stereocenters. The second-order valence-electron chi connectivity index (χ2n) is 5.82. The Balaban J connectivity index is 1.95. The molecule has 0 saturated heterocycles. The van der Waals surface area contributed by atoms with Crippen LogP contribution in [0.1, 0.15) is 58.1 Å². The Labute approximate surface area is 123 Å². The molecule has 0 atom stereocenters. The van der Waals surface area contributed by atoms with Crippen LogP contribution in [-0.2, 0) is 6.54 Å². The van der Waals surface area contributed by atoms with Crippen molar-refractivity contribution in [1.29, 1.82) is 0 Å². The van der Waals surface area contributed by atoms with E-state index in [4.69, 9.17) is 0 Å². The van der Waals surface area contributed by atoms with Gasteiger partial charge in [0, 0.05) is 31.0 Å². The highest BCUT2D eigenvalue weighted by molar-refractivity contribution is 5.43. The van der Waals surface area contributed by atoms with E-state index in [0.29, 0.717) is 0 Å². The van der Waals surface area contributed by atoms with Gasteiger partial charge >= 0.3 is 0 Å². The molecule has 1 aliphatic carbocycles.